The van der Waals surface area contributed by atoms with E-state index in [0.717, 1.165) is 30.0 Å². The molecule has 0 radical (unpaired) electrons. The summed E-state index contributed by atoms with van der Waals surface area (Å²) in [7, 11) is 0. The van der Waals surface area contributed by atoms with Crippen LogP contribution in [0.2, 0.25) is 0 Å². The van der Waals surface area contributed by atoms with Crippen molar-refractivity contribution in [3.05, 3.63) is 10.7 Å². The second-order valence-electron chi connectivity index (χ2n) is 5.05. The van der Waals surface area contributed by atoms with E-state index in [4.69, 9.17) is 10.5 Å². The van der Waals surface area contributed by atoms with E-state index in [-0.39, 0.29) is 12.1 Å². The number of ether oxygens (including phenoxy) is 1. The van der Waals surface area contributed by atoms with Crippen molar-refractivity contribution in [1.29, 1.82) is 0 Å². The van der Waals surface area contributed by atoms with Gasteiger partial charge in [0.25, 0.3) is 0 Å². The van der Waals surface area contributed by atoms with Gasteiger partial charge in [-0.15, -0.1) is 0 Å². The third-order valence-electron chi connectivity index (χ3n) is 3.72. The summed E-state index contributed by atoms with van der Waals surface area (Å²) in [6.45, 7) is 3.78. The van der Waals surface area contributed by atoms with Crippen LogP contribution in [0, 0.1) is 0 Å². The van der Waals surface area contributed by atoms with E-state index in [1.165, 1.54) is 19.4 Å². The molecule has 7 heteroatoms. The highest BCUT2D eigenvalue weighted by Crippen LogP contribution is 2.23. The largest absolute Gasteiger partial charge is 0.373 e. The first-order valence-corrected chi connectivity index (χ1v) is 7.39. The molecule has 2 fully saturated rings. The first-order chi connectivity index (χ1) is 9.22. The molecule has 0 aromatic carbocycles. The van der Waals surface area contributed by atoms with Crippen molar-refractivity contribution in [2.75, 3.05) is 37.3 Å². The van der Waals surface area contributed by atoms with Crippen LogP contribution in [0.5, 0.6) is 0 Å². The maximum Gasteiger partial charge on any atom is 0.221 e. The van der Waals surface area contributed by atoms with E-state index in [1.54, 1.807) is 6.20 Å². The van der Waals surface area contributed by atoms with E-state index in [2.05, 4.69) is 36.1 Å². The van der Waals surface area contributed by atoms with Gasteiger partial charge < -0.3 is 15.8 Å². The van der Waals surface area contributed by atoms with E-state index < -0.39 is 0 Å². The zero-order chi connectivity index (χ0) is 13.2. The number of nitrogen functional groups attached to an aromatic ring is 1. The SMILES string of the molecule is Nc1ncc(Br)c(NCC2CN3CCCC3CO2)n1. The van der Waals surface area contributed by atoms with Gasteiger partial charge in [0, 0.05) is 25.3 Å². The maximum absolute atomic E-state index is 5.89. The van der Waals surface area contributed by atoms with Crippen LogP contribution in [0.25, 0.3) is 0 Å². The molecule has 0 spiro atoms. The number of morpholine rings is 1. The topological polar surface area (TPSA) is 76.3 Å². The van der Waals surface area contributed by atoms with E-state index in [0.29, 0.717) is 6.04 Å². The van der Waals surface area contributed by atoms with Gasteiger partial charge in [0.1, 0.15) is 5.82 Å². The molecule has 0 amide bonds. The minimum Gasteiger partial charge on any atom is -0.373 e. The highest BCUT2D eigenvalue weighted by atomic mass is 79.9. The predicted octanol–water partition coefficient (Wildman–Crippen LogP) is 1.10. The molecule has 3 heterocycles. The Kier molecular flexibility index (Phi) is 3.86. The first kappa shape index (κ1) is 13.1. The van der Waals surface area contributed by atoms with E-state index in [9.17, 15) is 0 Å². The van der Waals surface area contributed by atoms with Gasteiger partial charge in [-0.1, -0.05) is 0 Å². The third kappa shape index (κ3) is 2.98. The predicted molar refractivity (Wildman–Crippen MR) is 77.0 cm³/mol. The first-order valence-electron chi connectivity index (χ1n) is 6.60. The van der Waals surface area contributed by atoms with Crippen molar-refractivity contribution in [1.82, 2.24) is 14.9 Å². The number of hydrogen-bond donors (Lipinski definition) is 2. The normalized spacial score (nSPS) is 27.2. The number of anilines is 2. The van der Waals surface area contributed by atoms with Gasteiger partial charge >= 0.3 is 0 Å². The summed E-state index contributed by atoms with van der Waals surface area (Å²) in [5.41, 5.74) is 5.58. The molecule has 0 bridgehead atoms. The van der Waals surface area contributed by atoms with Gasteiger partial charge in [0.2, 0.25) is 5.95 Å². The second-order valence-corrected chi connectivity index (χ2v) is 5.91. The highest BCUT2D eigenvalue weighted by Gasteiger charge is 2.32. The fraction of sp³-hybridized carbons (Fsp3) is 0.667. The molecule has 0 aliphatic carbocycles. The van der Waals surface area contributed by atoms with Crippen LogP contribution in [0.1, 0.15) is 12.8 Å². The van der Waals surface area contributed by atoms with Crippen molar-refractivity contribution in [2.45, 2.75) is 25.0 Å². The monoisotopic (exact) mass is 327 g/mol. The van der Waals surface area contributed by atoms with E-state index >= 15 is 0 Å². The molecule has 2 unspecified atom stereocenters. The Morgan fingerprint density at radius 3 is 3.37 bits per heavy atom. The van der Waals surface area contributed by atoms with Crippen molar-refractivity contribution in [3.8, 4) is 0 Å². The molecule has 2 atom stereocenters. The number of nitrogens with one attached hydrogen (secondary N) is 1. The Morgan fingerprint density at radius 2 is 2.47 bits per heavy atom. The van der Waals surface area contributed by atoms with Crippen molar-refractivity contribution >= 4 is 27.7 Å². The summed E-state index contributed by atoms with van der Waals surface area (Å²) in [5, 5.41) is 3.27. The number of nitrogens with zero attached hydrogens (tertiary/aromatic N) is 3. The van der Waals surface area contributed by atoms with Gasteiger partial charge in [-0.2, -0.15) is 4.98 Å². The number of halogens is 1. The average molecular weight is 328 g/mol. The molecule has 1 aromatic rings. The van der Waals surface area contributed by atoms with Gasteiger partial charge in [-0.05, 0) is 35.3 Å². The minimum absolute atomic E-state index is 0.206. The molecule has 104 valence electrons. The van der Waals surface area contributed by atoms with Gasteiger partial charge in [0.05, 0.1) is 17.2 Å². The summed E-state index contributed by atoms with van der Waals surface area (Å²) < 4.78 is 6.71. The molecule has 2 aliphatic rings. The van der Waals surface area contributed by atoms with Crippen LogP contribution in [-0.2, 0) is 4.74 Å². The van der Waals surface area contributed by atoms with Crippen LogP contribution in [0.3, 0.4) is 0 Å². The number of nitrogens with two attached hydrogens (primary N) is 1. The lowest BCUT2D eigenvalue weighted by Crippen LogP contribution is -2.48. The molecule has 2 saturated heterocycles. The Bertz CT molecular complexity index is 458. The van der Waals surface area contributed by atoms with Crippen molar-refractivity contribution < 1.29 is 4.74 Å². The Balaban J connectivity index is 1.56. The number of rotatable bonds is 3. The van der Waals surface area contributed by atoms with Crippen molar-refractivity contribution in [3.63, 3.8) is 0 Å². The highest BCUT2D eigenvalue weighted by molar-refractivity contribution is 9.10. The third-order valence-corrected chi connectivity index (χ3v) is 4.30. The van der Waals surface area contributed by atoms with Crippen LogP contribution in [0.15, 0.2) is 10.7 Å². The standard InChI is InChI=1S/C12H18BrN5O/c13-10-5-16-12(14)17-11(10)15-4-9-6-18-3-1-2-8(18)7-19-9/h5,8-9H,1-4,6-7H2,(H3,14,15,16,17). The lowest BCUT2D eigenvalue weighted by atomic mass is 10.2. The van der Waals surface area contributed by atoms with Crippen LogP contribution in [0.4, 0.5) is 11.8 Å². The van der Waals surface area contributed by atoms with Crippen molar-refractivity contribution in [2.24, 2.45) is 0 Å². The molecule has 1 aromatic heterocycles. The van der Waals surface area contributed by atoms with E-state index in [1.807, 2.05) is 0 Å². The minimum atomic E-state index is 0.206. The second kappa shape index (κ2) is 5.60. The molecule has 0 saturated carbocycles. The fourth-order valence-electron chi connectivity index (χ4n) is 2.72. The average Bonchev–Trinajstić information content (AvgIpc) is 2.87. The Hall–Kier alpha value is -0.920. The lowest BCUT2D eigenvalue weighted by Gasteiger charge is -2.35. The smallest absolute Gasteiger partial charge is 0.221 e. The fourth-order valence-corrected chi connectivity index (χ4v) is 3.06. The summed E-state index contributed by atoms with van der Waals surface area (Å²) in [6.07, 6.45) is 4.43. The zero-order valence-electron chi connectivity index (χ0n) is 10.7. The lowest BCUT2D eigenvalue weighted by molar-refractivity contribution is -0.0416. The van der Waals surface area contributed by atoms with Gasteiger partial charge in [0.15, 0.2) is 0 Å². The summed E-state index contributed by atoms with van der Waals surface area (Å²) >= 11 is 3.41. The Labute approximate surface area is 120 Å². The maximum atomic E-state index is 5.89. The summed E-state index contributed by atoms with van der Waals surface area (Å²) in [4.78, 5) is 10.6. The molecule has 6 nitrogen and oxygen atoms in total. The van der Waals surface area contributed by atoms with Crippen LogP contribution >= 0.6 is 15.9 Å². The van der Waals surface area contributed by atoms with Gasteiger partial charge in [-0.25, -0.2) is 4.98 Å². The Morgan fingerprint density at radius 1 is 1.58 bits per heavy atom. The quantitative estimate of drug-likeness (QED) is 0.865. The number of aromatic nitrogens is 2. The van der Waals surface area contributed by atoms with Gasteiger partial charge in [-0.3, -0.25) is 4.90 Å². The van der Waals surface area contributed by atoms with Crippen LogP contribution in [-0.4, -0.2) is 53.3 Å². The molecule has 3 rings (SSSR count). The zero-order valence-corrected chi connectivity index (χ0v) is 12.3. The molecule has 19 heavy (non-hydrogen) atoms. The summed E-state index contributed by atoms with van der Waals surface area (Å²) in [6, 6.07) is 0.637. The summed E-state index contributed by atoms with van der Waals surface area (Å²) in [5.74, 6) is 0.995. The molecular formula is C12H18BrN5O. The van der Waals surface area contributed by atoms with Crippen LogP contribution < -0.4 is 11.1 Å². The molecular weight excluding hydrogens is 310 g/mol. The number of hydrogen-bond acceptors (Lipinski definition) is 6. The molecule has 2 aliphatic heterocycles. The number of fused-ring (bicyclic) bond motifs is 1. The molecule has 3 N–H and O–H groups in total.